The van der Waals surface area contributed by atoms with Gasteiger partial charge in [0.1, 0.15) is 0 Å². The van der Waals surface area contributed by atoms with Crippen LogP contribution in [0.25, 0.3) is 0 Å². The average molecular weight is 271 g/mol. The first-order valence-corrected chi connectivity index (χ1v) is 7.83. The van der Waals surface area contributed by atoms with Crippen molar-refractivity contribution in [1.82, 2.24) is 4.90 Å². The summed E-state index contributed by atoms with van der Waals surface area (Å²) >= 11 is 0. The minimum Gasteiger partial charge on any atom is -0.390 e. The average Bonchev–Trinajstić information content (AvgIpc) is 2.71. The summed E-state index contributed by atoms with van der Waals surface area (Å²) in [5.74, 6) is 0. The molecule has 2 aliphatic rings. The Balaban J connectivity index is 1.67. The van der Waals surface area contributed by atoms with Crippen LogP contribution >= 0.6 is 0 Å². The van der Waals surface area contributed by atoms with E-state index in [0.29, 0.717) is 12.1 Å². The van der Waals surface area contributed by atoms with Gasteiger partial charge in [0.05, 0.1) is 5.60 Å². The summed E-state index contributed by atoms with van der Waals surface area (Å²) in [6.45, 7) is 4.81. The van der Waals surface area contributed by atoms with Crippen LogP contribution in [0.15, 0.2) is 43.0 Å². The first-order chi connectivity index (χ1) is 9.70. The Morgan fingerprint density at radius 2 is 1.85 bits per heavy atom. The van der Waals surface area contributed by atoms with Crippen LogP contribution in [0.1, 0.15) is 44.1 Å². The molecule has 2 unspecified atom stereocenters. The summed E-state index contributed by atoms with van der Waals surface area (Å²) in [5, 5.41) is 10.8. The van der Waals surface area contributed by atoms with Gasteiger partial charge in [-0.2, -0.15) is 0 Å². The Hall–Kier alpha value is -1.12. The van der Waals surface area contributed by atoms with Gasteiger partial charge in [0.15, 0.2) is 0 Å². The third-order valence-electron chi connectivity index (χ3n) is 5.02. The summed E-state index contributed by atoms with van der Waals surface area (Å²) in [6.07, 6.45) is 8.09. The zero-order valence-corrected chi connectivity index (χ0v) is 12.2. The van der Waals surface area contributed by atoms with Crippen molar-refractivity contribution in [2.45, 2.75) is 62.8 Å². The molecular formula is C18H25NO. The summed E-state index contributed by atoms with van der Waals surface area (Å²) < 4.78 is 0. The highest BCUT2D eigenvalue weighted by molar-refractivity contribution is 5.16. The van der Waals surface area contributed by atoms with Crippen molar-refractivity contribution in [2.24, 2.45) is 0 Å². The van der Waals surface area contributed by atoms with Gasteiger partial charge in [-0.25, -0.2) is 0 Å². The van der Waals surface area contributed by atoms with Crippen LogP contribution in [0.5, 0.6) is 0 Å². The van der Waals surface area contributed by atoms with E-state index in [1.54, 1.807) is 0 Å². The molecule has 0 aliphatic carbocycles. The maximum atomic E-state index is 10.8. The number of aliphatic hydroxyl groups is 1. The minimum absolute atomic E-state index is 0.451. The van der Waals surface area contributed by atoms with Crippen LogP contribution < -0.4 is 0 Å². The van der Waals surface area contributed by atoms with Crippen molar-refractivity contribution in [3.05, 3.63) is 48.6 Å². The van der Waals surface area contributed by atoms with E-state index in [1.165, 1.54) is 18.4 Å². The van der Waals surface area contributed by atoms with Crippen LogP contribution in [0.3, 0.4) is 0 Å². The van der Waals surface area contributed by atoms with E-state index in [4.69, 9.17) is 0 Å². The number of allylic oxidation sites excluding steroid dienone is 1. The lowest BCUT2D eigenvalue weighted by Gasteiger charge is -2.44. The first kappa shape index (κ1) is 13.8. The topological polar surface area (TPSA) is 23.5 Å². The van der Waals surface area contributed by atoms with E-state index in [9.17, 15) is 5.11 Å². The number of hydrogen-bond acceptors (Lipinski definition) is 2. The summed E-state index contributed by atoms with van der Waals surface area (Å²) in [6, 6.07) is 11.8. The zero-order valence-electron chi connectivity index (χ0n) is 12.2. The van der Waals surface area contributed by atoms with E-state index < -0.39 is 5.60 Å². The van der Waals surface area contributed by atoms with Gasteiger partial charge in [0, 0.05) is 18.6 Å². The Kier molecular flexibility index (Phi) is 3.95. The molecule has 2 nitrogen and oxygen atoms in total. The summed E-state index contributed by atoms with van der Waals surface area (Å²) in [4.78, 5) is 2.62. The van der Waals surface area contributed by atoms with E-state index in [0.717, 1.165) is 32.2 Å². The normalized spacial score (nSPS) is 33.2. The Morgan fingerprint density at radius 3 is 2.45 bits per heavy atom. The van der Waals surface area contributed by atoms with Crippen molar-refractivity contribution in [1.29, 1.82) is 0 Å². The number of fused-ring (bicyclic) bond motifs is 2. The van der Waals surface area contributed by atoms with Gasteiger partial charge < -0.3 is 5.11 Å². The van der Waals surface area contributed by atoms with Gasteiger partial charge in [0.2, 0.25) is 0 Å². The predicted octanol–water partition coefficient (Wildman–Crippen LogP) is 3.51. The van der Waals surface area contributed by atoms with Gasteiger partial charge in [-0.15, -0.1) is 6.58 Å². The maximum Gasteiger partial charge on any atom is 0.0680 e. The Morgan fingerprint density at radius 1 is 1.20 bits per heavy atom. The van der Waals surface area contributed by atoms with E-state index in [-0.39, 0.29) is 0 Å². The molecule has 2 saturated heterocycles. The molecule has 2 heteroatoms. The van der Waals surface area contributed by atoms with Crippen LogP contribution in [-0.4, -0.2) is 27.7 Å². The van der Waals surface area contributed by atoms with Crippen molar-refractivity contribution in [2.75, 3.05) is 0 Å². The van der Waals surface area contributed by atoms with E-state index in [1.807, 2.05) is 6.08 Å². The molecule has 0 spiro atoms. The van der Waals surface area contributed by atoms with E-state index >= 15 is 0 Å². The second-order valence-electron chi connectivity index (χ2n) is 6.50. The molecule has 1 aromatic rings. The first-order valence-electron chi connectivity index (χ1n) is 7.83. The molecule has 20 heavy (non-hydrogen) atoms. The molecule has 1 N–H and O–H groups in total. The minimum atomic E-state index is -0.451. The van der Waals surface area contributed by atoms with Gasteiger partial charge in [-0.3, -0.25) is 4.90 Å². The van der Waals surface area contributed by atoms with Crippen molar-refractivity contribution in [3.63, 3.8) is 0 Å². The fourth-order valence-corrected chi connectivity index (χ4v) is 4.04. The van der Waals surface area contributed by atoms with E-state index in [2.05, 4.69) is 41.8 Å². The molecule has 108 valence electrons. The third kappa shape index (κ3) is 2.82. The Bertz CT molecular complexity index is 442. The molecule has 0 saturated carbocycles. The van der Waals surface area contributed by atoms with Crippen molar-refractivity contribution < 1.29 is 5.11 Å². The summed E-state index contributed by atoms with van der Waals surface area (Å²) in [5.41, 5.74) is 0.939. The quantitative estimate of drug-likeness (QED) is 0.828. The van der Waals surface area contributed by atoms with Gasteiger partial charge in [-0.05, 0) is 44.1 Å². The number of piperidine rings is 1. The SMILES string of the molecule is C=CCCC1(O)CC2CCC(C1)N2Cc1ccccc1. The smallest absolute Gasteiger partial charge is 0.0680 e. The molecule has 0 radical (unpaired) electrons. The molecule has 2 atom stereocenters. The van der Waals surface area contributed by atoms with Crippen LogP contribution in [-0.2, 0) is 6.54 Å². The molecule has 2 fully saturated rings. The zero-order chi connectivity index (χ0) is 14.0. The van der Waals surface area contributed by atoms with Crippen LogP contribution in [0, 0.1) is 0 Å². The fourth-order valence-electron chi connectivity index (χ4n) is 4.04. The lowest BCUT2D eigenvalue weighted by atomic mass is 9.82. The number of hydrogen-bond donors (Lipinski definition) is 1. The molecule has 0 aromatic heterocycles. The number of benzene rings is 1. The molecular weight excluding hydrogens is 246 g/mol. The second-order valence-corrected chi connectivity index (χ2v) is 6.50. The van der Waals surface area contributed by atoms with Crippen LogP contribution in [0.2, 0.25) is 0 Å². The van der Waals surface area contributed by atoms with Gasteiger partial charge in [0.25, 0.3) is 0 Å². The highest BCUT2D eigenvalue weighted by Gasteiger charge is 2.46. The highest BCUT2D eigenvalue weighted by atomic mass is 16.3. The molecule has 3 rings (SSSR count). The number of rotatable bonds is 5. The second kappa shape index (κ2) is 5.71. The predicted molar refractivity (Wildman–Crippen MR) is 82.4 cm³/mol. The maximum absolute atomic E-state index is 10.8. The fraction of sp³-hybridized carbons (Fsp3) is 0.556. The molecule has 2 aliphatic heterocycles. The van der Waals surface area contributed by atoms with Gasteiger partial charge in [-0.1, -0.05) is 36.4 Å². The lowest BCUT2D eigenvalue weighted by Crippen LogP contribution is -2.50. The standard InChI is InChI=1S/C18H25NO/c1-2-3-11-18(20)12-16-9-10-17(13-18)19(16)14-15-7-5-4-6-8-15/h2,4-8,16-17,20H,1,3,9-14H2. The molecule has 1 aromatic carbocycles. The highest BCUT2D eigenvalue weighted by Crippen LogP contribution is 2.43. The van der Waals surface area contributed by atoms with Crippen molar-refractivity contribution in [3.8, 4) is 0 Å². The number of nitrogens with zero attached hydrogens (tertiary/aromatic N) is 1. The Labute approximate surface area is 122 Å². The molecule has 2 bridgehead atoms. The monoisotopic (exact) mass is 271 g/mol. The lowest BCUT2D eigenvalue weighted by molar-refractivity contribution is -0.0591. The largest absolute Gasteiger partial charge is 0.390 e. The van der Waals surface area contributed by atoms with Gasteiger partial charge >= 0.3 is 0 Å². The summed E-state index contributed by atoms with van der Waals surface area (Å²) in [7, 11) is 0. The van der Waals surface area contributed by atoms with Crippen LogP contribution in [0.4, 0.5) is 0 Å². The third-order valence-corrected chi connectivity index (χ3v) is 5.02. The molecule has 2 heterocycles. The molecule has 0 amide bonds. The van der Waals surface area contributed by atoms with Crippen molar-refractivity contribution >= 4 is 0 Å².